The van der Waals surface area contributed by atoms with Gasteiger partial charge in [0.05, 0.1) is 49.5 Å². The summed E-state index contributed by atoms with van der Waals surface area (Å²) in [4.78, 5) is 49.7. The number of aliphatic hydroxyl groups is 1. The van der Waals surface area contributed by atoms with Gasteiger partial charge in [0.1, 0.15) is 35.9 Å². The van der Waals surface area contributed by atoms with Crippen molar-refractivity contribution in [3.63, 3.8) is 0 Å². The highest BCUT2D eigenvalue weighted by Crippen LogP contribution is 2.46. The number of esters is 2. The van der Waals surface area contributed by atoms with Crippen LogP contribution in [0.5, 0.6) is 0 Å². The second kappa shape index (κ2) is 18.4. The maximum absolute atomic E-state index is 14.6. The fraction of sp³-hybridized carbons (Fsp3) is 0.738. The van der Waals surface area contributed by atoms with Crippen LogP contribution in [-0.4, -0.2) is 135 Å². The third kappa shape index (κ3) is 9.55. The minimum Gasteiger partial charge on any atom is -0.458 e. The molecule has 1 aromatic heterocycles. The molecule has 4 aliphatic rings. The van der Waals surface area contributed by atoms with E-state index in [9.17, 15) is 19.5 Å². The van der Waals surface area contributed by atoms with Crippen molar-refractivity contribution in [2.45, 2.75) is 142 Å². The number of cyclic esters (lactones) is 1. The summed E-state index contributed by atoms with van der Waals surface area (Å²) in [6.45, 7) is 14.7. The zero-order valence-electron chi connectivity index (χ0n) is 36.0. The first-order valence-electron chi connectivity index (χ1n) is 20.8. The lowest BCUT2D eigenvalue weighted by atomic mass is 9.70. The van der Waals surface area contributed by atoms with E-state index in [4.69, 9.17) is 33.3 Å². The monoisotopic (exact) mass is 826 g/mol. The van der Waals surface area contributed by atoms with Crippen LogP contribution in [0.1, 0.15) is 86.6 Å². The van der Waals surface area contributed by atoms with Crippen molar-refractivity contribution in [2.75, 3.05) is 27.3 Å². The molecule has 2 bridgehead atoms. The second-order valence-electron chi connectivity index (χ2n) is 17.6. The van der Waals surface area contributed by atoms with E-state index in [0.29, 0.717) is 24.4 Å². The smallest absolute Gasteiger partial charge is 0.311 e. The summed E-state index contributed by atoms with van der Waals surface area (Å²) in [7, 11) is 3.80. The molecule has 59 heavy (non-hydrogen) atoms. The van der Waals surface area contributed by atoms with Crippen molar-refractivity contribution in [3.05, 3.63) is 29.8 Å². The molecule has 0 amide bonds. The fourth-order valence-electron chi connectivity index (χ4n) is 9.69. The van der Waals surface area contributed by atoms with E-state index < -0.39 is 83.4 Å². The summed E-state index contributed by atoms with van der Waals surface area (Å²) in [6.07, 6.45) is -3.76. The molecule has 6 rings (SSSR count). The highest BCUT2D eigenvalue weighted by atomic mass is 16.7. The molecule has 17 heteroatoms. The van der Waals surface area contributed by atoms with Crippen molar-refractivity contribution in [1.29, 1.82) is 0 Å². The van der Waals surface area contributed by atoms with Crippen molar-refractivity contribution >= 4 is 23.4 Å². The summed E-state index contributed by atoms with van der Waals surface area (Å²) in [5.41, 5.74) is -0.514. The Morgan fingerprint density at radius 1 is 1.07 bits per heavy atom. The van der Waals surface area contributed by atoms with Gasteiger partial charge in [-0.15, -0.1) is 10.2 Å². The lowest BCUT2D eigenvalue weighted by molar-refractivity contribution is -0.302. The molecule has 0 radical (unpaired) electrons. The van der Waals surface area contributed by atoms with Gasteiger partial charge in [0.2, 0.25) is 5.82 Å². The van der Waals surface area contributed by atoms with E-state index in [-0.39, 0.29) is 50.6 Å². The molecule has 2 N–H and O–H groups in total. The SMILES string of the molecule is CC[C@H]1OC(=O)[C@H](C)[C@H]2OC/C(=N/OCc3cccc(-c4nn[nH]n4)c3)CO[C@](C)(C[C@@H](C)C(=O)[C@H](C)[C@@H]3CC(=O)O[C@]13C)[C@H](O[C@@H]1O[C@H](C)C[C@H](N(C)C)[C@H]1O)[C@@H]2C. The van der Waals surface area contributed by atoms with Gasteiger partial charge >= 0.3 is 11.9 Å². The van der Waals surface area contributed by atoms with Gasteiger partial charge < -0.3 is 43.3 Å². The van der Waals surface area contributed by atoms with E-state index in [1.807, 2.05) is 84.8 Å². The van der Waals surface area contributed by atoms with Crippen LogP contribution in [0.15, 0.2) is 29.4 Å². The van der Waals surface area contributed by atoms with E-state index in [1.165, 1.54) is 0 Å². The Hall–Kier alpha value is -3.87. The normalized spacial score (nSPS) is 39.5. The van der Waals surface area contributed by atoms with Gasteiger partial charge in [-0.3, -0.25) is 14.4 Å². The summed E-state index contributed by atoms with van der Waals surface area (Å²) < 4.78 is 39.0. The lowest BCUT2D eigenvalue weighted by Gasteiger charge is -2.48. The Labute approximate surface area is 346 Å². The molecular formula is C42H62N6O11. The number of ketones is 1. The van der Waals surface area contributed by atoms with E-state index in [1.54, 1.807) is 13.8 Å². The minimum atomic E-state index is -1.25. The first-order chi connectivity index (χ1) is 27.9. The maximum Gasteiger partial charge on any atom is 0.311 e. The van der Waals surface area contributed by atoms with Gasteiger partial charge in [0.15, 0.2) is 6.29 Å². The Kier molecular flexibility index (Phi) is 13.9. The number of carbonyl (C=O) groups excluding carboxylic acids is 3. The van der Waals surface area contributed by atoms with Crippen LogP contribution in [-0.2, 0) is 54.2 Å². The van der Waals surface area contributed by atoms with Gasteiger partial charge in [0, 0.05) is 35.3 Å². The minimum absolute atomic E-state index is 0.0192. The standard InChI is InChI=1S/C42H62N6O11/c1-11-32-42(8)30(17-33(49)59-42)24(4)34(50)22(2)18-41(7)37(58-40-35(51)31(48(9)10)15-23(3)56-40)25(5)36(26(6)39(52)57-32)53-20-29(21-54-41)45-55-19-27-13-12-14-28(16-27)38-43-46-47-44-38/h12-14,16,22-26,30-32,35-37,40,51H,11,15,17-21H2,1-10H3,(H,43,44,46,47)/b45-29-/t22-,23-,24-,25-,26-,30+,31+,32-,35-,36+,37-,40+,41-,42+/m1/s1. The van der Waals surface area contributed by atoms with Crippen molar-refractivity contribution in [2.24, 2.45) is 34.7 Å². The summed E-state index contributed by atoms with van der Waals surface area (Å²) in [5, 5.41) is 30.4. The second-order valence-corrected chi connectivity index (χ2v) is 17.6. The van der Waals surface area contributed by atoms with Gasteiger partial charge in [-0.1, -0.05) is 51.0 Å². The fourth-order valence-corrected chi connectivity index (χ4v) is 9.69. The Morgan fingerprint density at radius 2 is 1.83 bits per heavy atom. The number of H-pyrrole nitrogens is 1. The topological polar surface area (TPSA) is 206 Å². The number of nitrogens with zero attached hydrogens (tertiary/aromatic N) is 5. The Morgan fingerprint density at radius 3 is 2.53 bits per heavy atom. The number of fused-ring (bicyclic) bond motifs is 4. The molecule has 4 aliphatic heterocycles. The number of hydrogen-bond acceptors (Lipinski definition) is 16. The molecule has 4 fully saturated rings. The number of ether oxygens (including phenoxy) is 6. The first-order valence-corrected chi connectivity index (χ1v) is 20.8. The van der Waals surface area contributed by atoms with Gasteiger partial charge in [-0.05, 0) is 77.9 Å². The number of carbonyl (C=O) groups is 3. The molecule has 4 saturated heterocycles. The van der Waals surface area contributed by atoms with Gasteiger partial charge in [0.25, 0.3) is 0 Å². The summed E-state index contributed by atoms with van der Waals surface area (Å²) in [6, 6.07) is 7.22. The van der Waals surface area contributed by atoms with E-state index in [0.717, 1.165) is 11.1 Å². The number of nitrogens with one attached hydrogen (secondary N) is 1. The third-order valence-electron chi connectivity index (χ3n) is 13.0. The number of aliphatic hydroxyl groups excluding tert-OH is 1. The predicted molar refractivity (Wildman–Crippen MR) is 212 cm³/mol. The van der Waals surface area contributed by atoms with Crippen molar-refractivity contribution in [3.8, 4) is 11.4 Å². The number of hydrogen-bond donors (Lipinski definition) is 2. The third-order valence-corrected chi connectivity index (χ3v) is 13.0. The molecule has 0 saturated carbocycles. The highest BCUT2D eigenvalue weighted by molar-refractivity contribution is 5.87. The lowest BCUT2D eigenvalue weighted by Crippen LogP contribution is -2.60. The molecular weight excluding hydrogens is 764 g/mol. The highest BCUT2D eigenvalue weighted by Gasteiger charge is 2.57. The summed E-state index contributed by atoms with van der Waals surface area (Å²) >= 11 is 0. The zero-order valence-corrected chi connectivity index (χ0v) is 36.0. The van der Waals surface area contributed by atoms with E-state index >= 15 is 0 Å². The molecule has 5 heterocycles. The maximum atomic E-state index is 14.6. The predicted octanol–water partition coefficient (Wildman–Crippen LogP) is 3.89. The molecule has 14 atom stereocenters. The van der Waals surface area contributed by atoms with Gasteiger partial charge in [-0.25, -0.2) is 0 Å². The van der Waals surface area contributed by atoms with Crippen LogP contribution < -0.4 is 0 Å². The number of tetrazole rings is 1. The number of benzene rings is 1. The van der Waals surface area contributed by atoms with Gasteiger partial charge in [-0.2, -0.15) is 5.21 Å². The van der Waals surface area contributed by atoms with Crippen molar-refractivity contribution < 1.29 is 52.7 Å². The van der Waals surface area contributed by atoms with Crippen molar-refractivity contribution in [1.82, 2.24) is 25.5 Å². The number of Topliss-reactive ketones (excluding diaryl/α,β-unsaturated/α-hetero) is 1. The molecule has 2 aromatic rings. The Balaban J connectivity index is 1.39. The molecule has 0 spiro atoms. The largest absolute Gasteiger partial charge is 0.458 e. The zero-order chi connectivity index (χ0) is 42.8. The molecule has 326 valence electrons. The van der Waals surface area contributed by atoms with Crippen LogP contribution in [0.25, 0.3) is 11.4 Å². The molecule has 0 aliphatic carbocycles. The average molecular weight is 827 g/mol. The van der Waals surface area contributed by atoms with Crippen LogP contribution in [0, 0.1) is 29.6 Å². The number of likely N-dealkylation sites (N-methyl/N-ethyl adjacent to an activating group) is 1. The number of oxime groups is 1. The van der Waals surface area contributed by atoms with Crippen LogP contribution in [0.3, 0.4) is 0 Å². The number of rotatable bonds is 8. The van der Waals surface area contributed by atoms with Crippen LogP contribution in [0.4, 0.5) is 0 Å². The summed E-state index contributed by atoms with van der Waals surface area (Å²) in [5.74, 6) is -3.88. The molecule has 1 aromatic carbocycles. The average Bonchev–Trinajstić information content (AvgIpc) is 3.86. The first kappa shape index (κ1) is 44.7. The van der Waals surface area contributed by atoms with Crippen LogP contribution >= 0.6 is 0 Å². The quantitative estimate of drug-likeness (QED) is 0.286. The number of aromatic nitrogens is 4. The number of aromatic amines is 1. The molecule has 0 unspecified atom stereocenters. The van der Waals surface area contributed by atoms with E-state index in [2.05, 4.69) is 25.8 Å². The molecule has 17 nitrogen and oxygen atoms in total. The Bertz CT molecular complexity index is 1810. The van der Waals surface area contributed by atoms with Crippen LogP contribution in [0.2, 0.25) is 0 Å².